The zero-order valence-electron chi connectivity index (χ0n) is 11.8. The number of hydrogen-bond acceptors (Lipinski definition) is 3. The van der Waals surface area contributed by atoms with Gasteiger partial charge < -0.3 is 9.84 Å². The number of aliphatic carboxylic acids is 1. The number of rotatable bonds is 5. The van der Waals surface area contributed by atoms with Crippen LogP contribution in [0.5, 0.6) is 5.75 Å². The average Bonchev–Trinajstić information content (AvgIpc) is 2.48. The Bertz CT molecular complexity index is 658. The van der Waals surface area contributed by atoms with Crippen LogP contribution in [0.4, 0.5) is 0 Å². The number of aromatic nitrogens is 1. The van der Waals surface area contributed by atoms with E-state index in [4.69, 9.17) is 4.74 Å². The van der Waals surface area contributed by atoms with Crippen molar-refractivity contribution in [1.29, 1.82) is 0 Å². The third-order valence-electron chi connectivity index (χ3n) is 3.34. The van der Waals surface area contributed by atoms with Gasteiger partial charge in [-0.2, -0.15) is 0 Å². The maximum atomic E-state index is 11.6. The molecule has 0 aliphatic heterocycles. The van der Waals surface area contributed by atoms with Gasteiger partial charge in [0.2, 0.25) is 0 Å². The molecule has 0 fully saturated rings. The summed E-state index contributed by atoms with van der Waals surface area (Å²) in [6.45, 7) is 1.91. The second-order valence-electron chi connectivity index (χ2n) is 4.77. The predicted octanol–water partition coefficient (Wildman–Crippen LogP) is 3.57. The Hall–Kier alpha value is -1.88. The fourth-order valence-corrected chi connectivity index (χ4v) is 2.38. The molecular formula is C16H16BrNO3. The van der Waals surface area contributed by atoms with Crippen LogP contribution in [0.3, 0.4) is 0 Å². The van der Waals surface area contributed by atoms with Gasteiger partial charge in [0.15, 0.2) is 0 Å². The van der Waals surface area contributed by atoms with Crippen LogP contribution in [-0.4, -0.2) is 23.2 Å². The number of hydrogen-bond donors (Lipinski definition) is 1. The first-order valence-electron chi connectivity index (χ1n) is 6.49. The number of methoxy groups -OCH3 is 1. The predicted molar refractivity (Wildman–Crippen MR) is 83.7 cm³/mol. The Morgan fingerprint density at radius 3 is 2.76 bits per heavy atom. The normalized spacial score (nSPS) is 12.0. The number of pyridine rings is 1. The van der Waals surface area contributed by atoms with Crippen LogP contribution in [0.2, 0.25) is 0 Å². The zero-order chi connectivity index (χ0) is 15.4. The Kier molecular flexibility index (Phi) is 4.96. The highest BCUT2D eigenvalue weighted by Gasteiger charge is 2.23. The summed E-state index contributed by atoms with van der Waals surface area (Å²) in [6.07, 6.45) is 1.98. The van der Waals surface area contributed by atoms with Crippen LogP contribution < -0.4 is 4.74 Å². The highest BCUT2D eigenvalue weighted by atomic mass is 79.9. The SMILES string of the molecule is COc1ccccc1CC(C(=O)O)c1cc(C)c(Br)cn1. The van der Waals surface area contributed by atoms with Crippen molar-refractivity contribution in [2.75, 3.05) is 7.11 Å². The molecule has 0 radical (unpaired) electrons. The van der Waals surface area contributed by atoms with Crippen molar-refractivity contribution >= 4 is 21.9 Å². The fourth-order valence-electron chi connectivity index (χ4n) is 2.16. The van der Waals surface area contributed by atoms with Crippen molar-refractivity contribution in [2.24, 2.45) is 0 Å². The quantitative estimate of drug-likeness (QED) is 0.896. The first-order chi connectivity index (χ1) is 10.0. The third kappa shape index (κ3) is 3.61. The van der Waals surface area contributed by atoms with E-state index < -0.39 is 11.9 Å². The van der Waals surface area contributed by atoms with Crippen molar-refractivity contribution in [3.8, 4) is 5.75 Å². The van der Waals surface area contributed by atoms with Crippen molar-refractivity contribution in [3.63, 3.8) is 0 Å². The second-order valence-corrected chi connectivity index (χ2v) is 5.62. The van der Waals surface area contributed by atoms with Gasteiger partial charge >= 0.3 is 5.97 Å². The van der Waals surface area contributed by atoms with E-state index in [9.17, 15) is 9.90 Å². The minimum absolute atomic E-state index is 0.341. The second kappa shape index (κ2) is 6.72. The van der Waals surface area contributed by atoms with E-state index in [1.807, 2.05) is 31.2 Å². The Morgan fingerprint density at radius 1 is 1.43 bits per heavy atom. The smallest absolute Gasteiger partial charge is 0.312 e. The van der Waals surface area contributed by atoms with Gasteiger partial charge in [0.05, 0.1) is 12.8 Å². The molecule has 2 rings (SSSR count). The lowest BCUT2D eigenvalue weighted by Crippen LogP contribution is -2.16. The molecule has 5 heteroatoms. The maximum Gasteiger partial charge on any atom is 0.312 e. The standard InChI is InChI=1S/C16H16BrNO3/c1-10-7-14(18-9-13(10)17)12(16(19)20)8-11-5-3-4-6-15(11)21-2/h3-7,9,12H,8H2,1-2H3,(H,19,20). The van der Waals surface area contributed by atoms with Gasteiger partial charge in [-0.1, -0.05) is 18.2 Å². The molecule has 1 unspecified atom stereocenters. The molecule has 2 aromatic rings. The first kappa shape index (κ1) is 15.5. The number of nitrogens with zero attached hydrogens (tertiary/aromatic N) is 1. The van der Waals surface area contributed by atoms with Crippen molar-refractivity contribution in [2.45, 2.75) is 19.3 Å². The number of aryl methyl sites for hydroxylation is 1. The van der Waals surface area contributed by atoms with Gasteiger partial charge in [-0.25, -0.2) is 0 Å². The highest BCUT2D eigenvalue weighted by Crippen LogP contribution is 2.27. The molecule has 1 N–H and O–H groups in total. The summed E-state index contributed by atoms with van der Waals surface area (Å²) in [5.74, 6) is -0.902. The lowest BCUT2D eigenvalue weighted by atomic mass is 9.94. The van der Waals surface area contributed by atoms with Crippen LogP contribution >= 0.6 is 15.9 Å². The average molecular weight is 350 g/mol. The lowest BCUT2D eigenvalue weighted by Gasteiger charge is -2.15. The van der Waals surface area contributed by atoms with E-state index in [0.717, 1.165) is 15.6 Å². The molecule has 0 saturated heterocycles. The third-order valence-corrected chi connectivity index (χ3v) is 4.17. The summed E-state index contributed by atoms with van der Waals surface area (Å²) in [5, 5.41) is 9.52. The largest absolute Gasteiger partial charge is 0.496 e. The van der Waals surface area contributed by atoms with Crippen LogP contribution in [0.15, 0.2) is 41.0 Å². The number of carboxylic acids is 1. The van der Waals surface area contributed by atoms with E-state index in [-0.39, 0.29) is 0 Å². The Balaban J connectivity index is 2.35. The van der Waals surface area contributed by atoms with E-state index >= 15 is 0 Å². The lowest BCUT2D eigenvalue weighted by molar-refractivity contribution is -0.138. The molecule has 0 spiro atoms. The molecule has 0 amide bonds. The van der Waals surface area contributed by atoms with Crippen LogP contribution in [0.1, 0.15) is 22.7 Å². The van der Waals surface area contributed by atoms with Gasteiger partial charge in [0.1, 0.15) is 11.7 Å². The molecular weight excluding hydrogens is 334 g/mol. The summed E-state index contributed by atoms with van der Waals surface area (Å²) in [4.78, 5) is 15.9. The van der Waals surface area contributed by atoms with Gasteiger partial charge in [0.25, 0.3) is 0 Å². The number of benzene rings is 1. The molecule has 21 heavy (non-hydrogen) atoms. The van der Waals surface area contributed by atoms with Gasteiger partial charge in [-0.05, 0) is 52.5 Å². The van der Waals surface area contributed by atoms with Gasteiger partial charge in [-0.3, -0.25) is 9.78 Å². The number of halogens is 1. The molecule has 1 aromatic carbocycles. The molecule has 0 aliphatic rings. The first-order valence-corrected chi connectivity index (χ1v) is 7.29. The van der Waals surface area contributed by atoms with Gasteiger partial charge in [0, 0.05) is 10.7 Å². The maximum absolute atomic E-state index is 11.6. The van der Waals surface area contributed by atoms with E-state index in [2.05, 4.69) is 20.9 Å². The van der Waals surface area contributed by atoms with Crippen molar-refractivity contribution in [3.05, 3.63) is 57.8 Å². The summed E-state index contributed by atoms with van der Waals surface area (Å²) in [6, 6.07) is 9.24. The van der Waals surface area contributed by atoms with E-state index in [0.29, 0.717) is 17.9 Å². The Morgan fingerprint density at radius 2 is 2.14 bits per heavy atom. The summed E-state index contributed by atoms with van der Waals surface area (Å²) < 4.78 is 6.15. The van der Waals surface area contributed by atoms with Gasteiger partial charge in [-0.15, -0.1) is 0 Å². The monoisotopic (exact) mass is 349 g/mol. The minimum atomic E-state index is -0.893. The van der Waals surface area contributed by atoms with Crippen molar-refractivity contribution < 1.29 is 14.6 Å². The van der Waals surface area contributed by atoms with E-state index in [1.165, 1.54) is 0 Å². The molecule has 4 nitrogen and oxygen atoms in total. The summed E-state index contributed by atoms with van der Waals surface area (Å²) in [5.41, 5.74) is 2.37. The molecule has 0 saturated carbocycles. The molecule has 1 heterocycles. The minimum Gasteiger partial charge on any atom is -0.496 e. The number of carbonyl (C=O) groups is 1. The fraction of sp³-hybridized carbons (Fsp3) is 0.250. The Labute approximate surface area is 131 Å². The van der Waals surface area contributed by atoms with Crippen LogP contribution in [0, 0.1) is 6.92 Å². The summed E-state index contributed by atoms with van der Waals surface area (Å²) in [7, 11) is 1.58. The molecule has 110 valence electrons. The van der Waals surface area contributed by atoms with Crippen LogP contribution in [0.25, 0.3) is 0 Å². The summed E-state index contributed by atoms with van der Waals surface area (Å²) >= 11 is 3.38. The van der Waals surface area contributed by atoms with Crippen LogP contribution in [-0.2, 0) is 11.2 Å². The number of para-hydroxylation sites is 1. The highest BCUT2D eigenvalue weighted by molar-refractivity contribution is 9.10. The van der Waals surface area contributed by atoms with Crippen molar-refractivity contribution in [1.82, 2.24) is 4.98 Å². The zero-order valence-corrected chi connectivity index (χ0v) is 13.4. The number of ether oxygens (including phenoxy) is 1. The topological polar surface area (TPSA) is 59.4 Å². The molecule has 1 atom stereocenters. The molecule has 0 aliphatic carbocycles. The molecule has 1 aromatic heterocycles. The molecule has 0 bridgehead atoms. The van der Waals surface area contributed by atoms with E-state index in [1.54, 1.807) is 19.4 Å². The number of carboxylic acid groups (broad SMARTS) is 1.